The van der Waals surface area contributed by atoms with Gasteiger partial charge >= 0.3 is 6.18 Å². The Morgan fingerprint density at radius 2 is 2.10 bits per heavy atom. The normalized spacial score (nSPS) is 23.5. The first-order valence-corrected chi connectivity index (χ1v) is 6.32. The SMILES string of the molecule is C[C@@]1(O)CCCN(c2cc(C#N)ccc2C(F)(F)F)C1. The lowest BCUT2D eigenvalue weighted by molar-refractivity contribution is -0.137. The minimum absolute atomic E-state index is 0.0310. The van der Waals surface area contributed by atoms with E-state index in [1.54, 1.807) is 6.92 Å². The van der Waals surface area contributed by atoms with Crippen LogP contribution in [0.3, 0.4) is 0 Å². The third-order valence-corrected chi connectivity index (χ3v) is 3.45. The van der Waals surface area contributed by atoms with Gasteiger partial charge in [0.25, 0.3) is 0 Å². The van der Waals surface area contributed by atoms with Gasteiger partial charge in [0.15, 0.2) is 0 Å². The van der Waals surface area contributed by atoms with Crippen LogP contribution in [0.1, 0.15) is 30.9 Å². The van der Waals surface area contributed by atoms with Crippen molar-refractivity contribution in [2.24, 2.45) is 0 Å². The molecule has 0 saturated carbocycles. The number of β-amino-alcohol motifs (C(OH)–C–C–N with tert-alkyl or cyclic N) is 1. The molecule has 1 aromatic carbocycles. The summed E-state index contributed by atoms with van der Waals surface area (Å²) in [4.78, 5) is 1.51. The molecule has 1 heterocycles. The van der Waals surface area contributed by atoms with Crippen LogP contribution in [0.2, 0.25) is 0 Å². The van der Waals surface area contributed by atoms with Crippen molar-refractivity contribution in [1.82, 2.24) is 0 Å². The van der Waals surface area contributed by atoms with Crippen LogP contribution < -0.4 is 4.90 Å². The van der Waals surface area contributed by atoms with E-state index in [1.807, 2.05) is 6.07 Å². The van der Waals surface area contributed by atoms with Crippen LogP contribution >= 0.6 is 0 Å². The molecule has 1 N–H and O–H groups in total. The summed E-state index contributed by atoms with van der Waals surface area (Å²) in [6.07, 6.45) is -3.31. The summed E-state index contributed by atoms with van der Waals surface area (Å²) >= 11 is 0. The van der Waals surface area contributed by atoms with E-state index < -0.39 is 17.3 Å². The van der Waals surface area contributed by atoms with E-state index in [0.717, 1.165) is 12.1 Å². The molecule has 0 bridgehead atoms. The van der Waals surface area contributed by atoms with Crippen LogP contribution in [0.15, 0.2) is 18.2 Å². The van der Waals surface area contributed by atoms with Gasteiger partial charge in [-0.2, -0.15) is 18.4 Å². The van der Waals surface area contributed by atoms with Gasteiger partial charge in [0.2, 0.25) is 0 Å². The number of nitrogens with zero attached hydrogens (tertiary/aromatic N) is 2. The maximum Gasteiger partial charge on any atom is 0.418 e. The largest absolute Gasteiger partial charge is 0.418 e. The topological polar surface area (TPSA) is 47.3 Å². The molecule has 1 saturated heterocycles. The molecular weight excluding hydrogens is 269 g/mol. The Labute approximate surface area is 115 Å². The summed E-state index contributed by atoms with van der Waals surface area (Å²) in [5.74, 6) is 0. The standard InChI is InChI=1S/C14H15F3N2O/c1-13(20)5-2-6-19(9-13)12-7-10(8-18)3-4-11(12)14(15,16)17/h3-4,7,20H,2,5-6,9H2,1H3/t13-/m1/s1. The number of alkyl halides is 3. The minimum atomic E-state index is -4.48. The van der Waals surface area contributed by atoms with Crippen LogP contribution in [-0.4, -0.2) is 23.8 Å². The maximum atomic E-state index is 13.1. The lowest BCUT2D eigenvalue weighted by Crippen LogP contribution is -2.46. The van der Waals surface area contributed by atoms with Gasteiger partial charge in [-0.25, -0.2) is 0 Å². The van der Waals surface area contributed by atoms with E-state index in [9.17, 15) is 18.3 Å². The second-order valence-electron chi connectivity index (χ2n) is 5.36. The van der Waals surface area contributed by atoms with Crippen LogP contribution in [0.25, 0.3) is 0 Å². The van der Waals surface area contributed by atoms with Gasteiger partial charge in [0.1, 0.15) is 0 Å². The molecule has 20 heavy (non-hydrogen) atoms. The molecule has 0 amide bonds. The highest BCUT2D eigenvalue weighted by Gasteiger charge is 2.37. The smallest absolute Gasteiger partial charge is 0.388 e. The molecule has 2 rings (SSSR count). The van der Waals surface area contributed by atoms with E-state index in [2.05, 4.69) is 0 Å². The summed E-state index contributed by atoms with van der Waals surface area (Å²) in [5, 5.41) is 18.9. The fourth-order valence-electron chi connectivity index (χ4n) is 2.53. The fraction of sp³-hybridized carbons (Fsp3) is 0.500. The Hall–Kier alpha value is -1.74. The zero-order valence-corrected chi connectivity index (χ0v) is 11.0. The number of piperidine rings is 1. The molecule has 1 atom stereocenters. The van der Waals surface area contributed by atoms with E-state index in [1.165, 1.54) is 11.0 Å². The summed E-state index contributed by atoms with van der Waals surface area (Å²) in [6, 6.07) is 5.18. The highest BCUT2D eigenvalue weighted by Crippen LogP contribution is 2.38. The summed E-state index contributed by atoms with van der Waals surface area (Å²) in [7, 11) is 0. The quantitative estimate of drug-likeness (QED) is 0.862. The van der Waals surface area contributed by atoms with E-state index in [0.29, 0.717) is 19.4 Å². The van der Waals surface area contributed by atoms with Crippen molar-refractivity contribution >= 4 is 5.69 Å². The minimum Gasteiger partial charge on any atom is -0.388 e. The molecule has 6 heteroatoms. The average Bonchev–Trinajstić information content (AvgIpc) is 2.35. The number of nitriles is 1. The molecule has 0 aromatic heterocycles. The Morgan fingerprint density at radius 3 is 2.65 bits per heavy atom. The Bertz CT molecular complexity index is 546. The van der Waals surface area contributed by atoms with Crippen LogP contribution in [0.5, 0.6) is 0 Å². The van der Waals surface area contributed by atoms with Gasteiger partial charge in [0, 0.05) is 13.1 Å². The van der Waals surface area contributed by atoms with Gasteiger partial charge in [-0.15, -0.1) is 0 Å². The third-order valence-electron chi connectivity index (χ3n) is 3.45. The second-order valence-corrected chi connectivity index (χ2v) is 5.36. The van der Waals surface area contributed by atoms with E-state index in [-0.39, 0.29) is 17.8 Å². The van der Waals surface area contributed by atoms with Crippen molar-refractivity contribution in [1.29, 1.82) is 5.26 Å². The Balaban J connectivity index is 2.45. The summed E-state index contributed by atoms with van der Waals surface area (Å²) < 4.78 is 39.2. The maximum absolute atomic E-state index is 13.1. The fourth-order valence-corrected chi connectivity index (χ4v) is 2.53. The number of rotatable bonds is 1. The molecule has 1 aliphatic rings. The van der Waals surface area contributed by atoms with Gasteiger partial charge < -0.3 is 10.0 Å². The van der Waals surface area contributed by atoms with Gasteiger partial charge in [-0.05, 0) is 38.0 Å². The highest BCUT2D eigenvalue weighted by molar-refractivity contribution is 5.59. The predicted octanol–water partition coefficient (Wildman–Crippen LogP) is 2.93. The molecule has 0 radical (unpaired) electrons. The molecule has 0 aliphatic carbocycles. The van der Waals surface area contributed by atoms with E-state index in [4.69, 9.17) is 5.26 Å². The number of hydrogen-bond acceptors (Lipinski definition) is 3. The lowest BCUT2D eigenvalue weighted by Gasteiger charge is -2.39. The van der Waals surface area contributed by atoms with E-state index >= 15 is 0 Å². The van der Waals surface area contributed by atoms with Crippen molar-refractivity contribution in [2.45, 2.75) is 31.5 Å². The molecular formula is C14H15F3N2O. The van der Waals surface area contributed by atoms with Crippen molar-refractivity contribution < 1.29 is 18.3 Å². The van der Waals surface area contributed by atoms with Crippen molar-refractivity contribution in [3.63, 3.8) is 0 Å². The highest BCUT2D eigenvalue weighted by atomic mass is 19.4. The number of aliphatic hydroxyl groups is 1. The Kier molecular flexibility index (Phi) is 3.65. The zero-order chi connectivity index (χ0) is 15.0. The first-order valence-electron chi connectivity index (χ1n) is 6.32. The van der Waals surface area contributed by atoms with Crippen LogP contribution in [0.4, 0.5) is 18.9 Å². The van der Waals surface area contributed by atoms with Crippen LogP contribution in [0, 0.1) is 11.3 Å². The molecule has 1 fully saturated rings. The Morgan fingerprint density at radius 1 is 1.40 bits per heavy atom. The first kappa shape index (κ1) is 14.7. The number of anilines is 1. The molecule has 108 valence electrons. The number of benzene rings is 1. The van der Waals surface area contributed by atoms with Gasteiger partial charge in [0.05, 0.1) is 28.5 Å². The van der Waals surface area contributed by atoms with Crippen molar-refractivity contribution in [2.75, 3.05) is 18.0 Å². The molecule has 0 spiro atoms. The molecule has 3 nitrogen and oxygen atoms in total. The number of halogens is 3. The predicted molar refractivity (Wildman–Crippen MR) is 68.2 cm³/mol. The molecule has 0 unspecified atom stereocenters. The van der Waals surface area contributed by atoms with Gasteiger partial charge in [-0.3, -0.25) is 0 Å². The molecule has 1 aromatic rings. The average molecular weight is 284 g/mol. The monoisotopic (exact) mass is 284 g/mol. The lowest BCUT2D eigenvalue weighted by atomic mass is 9.94. The second kappa shape index (κ2) is 4.98. The molecule has 1 aliphatic heterocycles. The third kappa shape index (κ3) is 3.05. The van der Waals surface area contributed by atoms with Crippen LogP contribution in [-0.2, 0) is 6.18 Å². The van der Waals surface area contributed by atoms with Crippen molar-refractivity contribution in [3.05, 3.63) is 29.3 Å². The number of hydrogen-bond donors (Lipinski definition) is 1. The van der Waals surface area contributed by atoms with Gasteiger partial charge in [-0.1, -0.05) is 0 Å². The summed E-state index contributed by atoms with van der Waals surface area (Å²) in [5.41, 5.74) is -1.63. The van der Waals surface area contributed by atoms with Crippen molar-refractivity contribution in [3.8, 4) is 6.07 Å². The first-order chi connectivity index (χ1) is 9.23. The summed E-state index contributed by atoms with van der Waals surface area (Å²) in [6.45, 7) is 2.18. The zero-order valence-electron chi connectivity index (χ0n) is 11.0.